The van der Waals surface area contributed by atoms with Crippen molar-refractivity contribution in [2.75, 3.05) is 26.2 Å². The third kappa shape index (κ3) is 3.82. The fraction of sp³-hybridized carbons (Fsp3) is 0.529. The third-order valence-electron chi connectivity index (χ3n) is 4.57. The van der Waals surface area contributed by atoms with Crippen LogP contribution in [0.25, 0.3) is 0 Å². The van der Waals surface area contributed by atoms with Gasteiger partial charge in [-0.15, -0.1) is 0 Å². The number of nitrogens with zero attached hydrogens (tertiary/aromatic N) is 2. The molecule has 2 N–H and O–H groups in total. The molecule has 2 saturated heterocycles. The van der Waals surface area contributed by atoms with E-state index in [1.165, 1.54) is 0 Å². The number of piperidine rings is 1. The van der Waals surface area contributed by atoms with Crippen LogP contribution in [-0.2, 0) is 16.1 Å². The van der Waals surface area contributed by atoms with Crippen molar-refractivity contribution < 1.29 is 14.3 Å². The Bertz CT molecular complexity index is 557. The van der Waals surface area contributed by atoms with Gasteiger partial charge in [-0.25, -0.2) is 4.79 Å². The number of nitrogens with two attached hydrogens (primary N) is 1. The number of benzene rings is 1. The summed E-state index contributed by atoms with van der Waals surface area (Å²) >= 11 is 0. The summed E-state index contributed by atoms with van der Waals surface area (Å²) in [5.74, 6) is 0.00170. The summed E-state index contributed by atoms with van der Waals surface area (Å²) in [4.78, 5) is 27.1. The first kappa shape index (κ1) is 15.8. The monoisotopic (exact) mass is 317 g/mol. The van der Waals surface area contributed by atoms with Gasteiger partial charge in [-0.05, 0) is 18.4 Å². The van der Waals surface area contributed by atoms with E-state index >= 15 is 0 Å². The van der Waals surface area contributed by atoms with Gasteiger partial charge in [0.05, 0.1) is 18.6 Å². The average molecular weight is 317 g/mol. The maximum absolute atomic E-state index is 12.5. The lowest BCUT2D eigenvalue weighted by molar-refractivity contribution is -0.151. The van der Waals surface area contributed by atoms with Crippen LogP contribution in [0, 0.1) is 5.92 Å². The van der Waals surface area contributed by atoms with E-state index in [2.05, 4.69) is 0 Å². The highest BCUT2D eigenvalue weighted by molar-refractivity contribution is 5.81. The molecule has 6 nitrogen and oxygen atoms in total. The first-order chi connectivity index (χ1) is 11.1. The van der Waals surface area contributed by atoms with E-state index in [0.29, 0.717) is 32.8 Å². The van der Waals surface area contributed by atoms with E-state index in [0.717, 1.165) is 18.4 Å². The van der Waals surface area contributed by atoms with Crippen molar-refractivity contribution in [1.82, 2.24) is 9.80 Å². The molecule has 0 bridgehead atoms. The molecule has 2 fully saturated rings. The summed E-state index contributed by atoms with van der Waals surface area (Å²) in [5.41, 5.74) is 6.45. The number of hydrogen-bond donors (Lipinski definition) is 1. The summed E-state index contributed by atoms with van der Waals surface area (Å²) in [6.07, 6.45) is 1.77. The minimum absolute atomic E-state index is 0.106. The molecule has 2 heterocycles. The van der Waals surface area contributed by atoms with Crippen molar-refractivity contribution in [1.29, 1.82) is 0 Å². The molecule has 0 aromatic heterocycles. The summed E-state index contributed by atoms with van der Waals surface area (Å²) in [5, 5.41) is 0. The second-order valence-electron chi connectivity index (χ2n) is 6.29. The van der Waals surface area contributed by atoms with E-state index in [4.69, 9.17) is 10.5 Å². The van der Waals surface area contributed by atoms with Crippen molar-refractivity contribution in [2.45, 2.75) is 25.6 Å². The Morgan fingerprint density at radius 1 is 1.13 bits per heavy atom. The highest BCUT2D eigenvalue weighted by Gasteiger charge is 2.37. The molecular weight excluding hydrogens is 294 g/mol. The molecule has 124 valence electrons. The first-order valence-corrected chi connectivity index (χ1v) is 8.12. The topological polar surface area (TPSA) is 75.9 Å². The SMILES string of the molecule is NC(=O)N1CCC[C@@H](C(=O)N2CC(OCc3ccccc3)C2)C1. The molecule has 1 aromatic carbocycles. The van der Waals surface area contributed by atoms with Crippen LogP contribution in [0.2, 0.25) is 0 Å². The standard InChI is InChI=1S/C17H23N3O3/c18-17(22)19-8-4-7-14(9-19)16(21)20-10-15(11-20)23-12-13-5-2-1-3-6-13/h1-3,5-6,14-15H,4,7-12H2,(H2,18,22)/t14-/m1/s1. The van der Waals surface area contributed by atoms with Crippen molar-refractivity contribution >= 4 is 11.9 Å². The van der Waals surface area contributed by atoms with Crippen LogP contribution >= 0.6 is 0 Å². The number of amides is 3. The van der Waals surface area contributed by atoms with Crippen molar-refractivity contribution in [3.8, 4) is 0 Å². The van der Waals surface area contributed by atoms with Gasteiger partial charge in [0.15, 0.2) is 0 Å². The lowest BCUT2D eigenvalue weighted by Crippen LogP contribution is -2.58. The molecule has 0 radical (unpaired) electrons. The molecule has 0 saturated carbocycles. The Morgan fingerprint density at radius 2 is 1.87 bits per heavy atom. The zero-order chi connectivity index (χ0) is 16.2. The maximum Gasteiger partial charge on any atom is 0.314 e. The zero-order valence-corrected chi connectivity index (χ0v) is 13.2. The third-order valence-corrected chi connectivity index (χ3v) is 4.57. The number of rotatable bonds is 4. The van der Waals surface area contributed by atoms with Crippen LogP contribution in [0.4, 0.5) is 4.79 Å². The van der Waals surface area contributed by atoms with Crippen LogP contribution in [-0.4, -0.2) is 54.0 Å². The molecule has 3 rings (SSSR count). The predicted molar refractivity (Wildman–Crippen MR) is 85.5 cm³/mol. The molecule has 1 aromatic rings. The second kappa shape index (κ2) is 7.00. The number of carbonyl (C=O) groups excluding carboxylic acids is 2. The Kier molecular flexibility index (Phi) is 4.81. The average Bonchev–Trinajstić information content (AvgIpc) is 2.54. The van der Waals surface area contributed by atoms with Crippen molar-refractivity contribution in [3.63, 3.8) is 0 Å². The van der Waals surface area contributed by atoms with Crippen molar-refractivity contribution in [2.24, 2.45) is 11.7 Å². The van der Waals surface area contributed by atoms with Gasteiger partial charge in [-0.2, -0.15) is 0 Å². The first-order valence-electron chi connectivity index (χ1n) is 8.12. The summed E-state index contributed by atoms with van der Waals surface area (Å²) < 4.78 is 5.81. The Morgan fingerprint density at radius 3 is 2.57 bits per heavy atom. The molecule has 0 unspecified atom stereocenters. The largest absolute Gasteiger partial charge is 0.370 e. The lowest BCUT2D eigenvalue weighted by atomic mass is 9.95. The normalized spacial score (nSPS) is 21.8. The molecule has 6 heteroatoms. The van der Waals surface area contributed by atoms with Crippen LogP contribution < -0.4 is 5.73 Å². The fourth-order valence-electron chi connectivity index (χ4n) is 3.15. The Labute approximate surface area is 136 Å². The van der Waals surface area contributed by atoms with Gasteiger partial charge in [0.25, 0.3) is 0 Å². The molecule has 23 heavy (non-hydrogen) atoms. The van der Waals surface area contributed by atoms with Crippen molar-refractivity contribution in [3.05, 3.63) is 35.9 Å². The number of urea groups is 1. The number of hydrogen-bond acceptors (Lipinski definition) is 3. The number of primary amides is 1. The quantitative estimate of drug-likeness (QED) is 0.907. The van der Waals surface area contributed by atoms with Gasteiger partial charge in [0.2, 0.25) is 5.91 Å². The van der Waals surface area contributed by atoms with E-state index < -0.39 is 6.03 Å². The molecular formula is C17H23N3O3. The van der Waals surface area contributed by atoms with E-state index in [9.17, 15) is 9.59 Å². The highest BCUT2D eigenvalue weighted by Crippen LogP contribution is 2.23. The highest BCUT2D eigenvalue weighted by atomic mass is 16.5. The molecule has 0 aliphatic carbocycles. The molecule has 0 spiro atoms. The van der Waals surface area contributed by atoms with Gasteiger partial charge in [-0.1, -0.05) is 30.3 Å². The number of likely N-dealkylation sites (tertiary alicyclic amines) is 2. The smallest absolute Gasteiger partial charge is 0.314 e. The van der Waals surface area contributed by atoms with Gasteiger partial charge >= 0.3 is 6.03 Å². The van der Waals surface area contributed by atoms with E-state index in [1.54, 1.807) is 4.90 Å². The Hall–Kier alpha value is -2.08. The second-order valence-corrected chi connectivity index (χ2v) is 6.29. The fourth-order valence-corrected chi connectivity index (χ4v) is 3.15. The lowest BCUT2D eigenvalue weighted by Gasteiger charge is -2.42. The predicted octanol–water partition coefficient (Wildman–Crippen LogP) is 1.20. The molecule has 3 amide bonds. The summed E-state index contributed by atoms with van der Waals surface area (Å²) in [7, 11) is 0. The van der Waals surface area contributed by atoms with Gasteiger partial charge in [0, 0.05) is 26.2 Å². The van der Waals surface area contributed by atoms with E-state index in [1.807, 2.05) is 35.2 Å². The van der Waals surface area contributed by atoms with Gasteiger partial charge in [-0.3, -0.25) is 4.79 Å². The molecule has 1 atom stereocenters. The maximum atomic E-state index is 12.5. The van der Waals surface area contributed by atoms with E-state index in [-0.39, 0.29) is 17.9 Å². The zero-order valence-electron chi connectivity index (χ0n) is 13.2. The minimum Gasteiger partial charge on any atom is -0.370 e. The number of carbonyl (C=O) groups is 2. The van der Waals surface area contributed by atoms with Crippen LogP contribution in [0.3, 0.4) is 0 Å². The van der Waals surface area contributed by atoms with Gasteiger partial charge in [0.1, 0.15) is 0 Å². The summed E-state index contributed by atoms with van der Waals surface area (Å²) in [6, 6.07) is 9.58. The van der Waals surface area contributed by atoms with Crippen LogP contribution in [0.15, 0.2) is 30.3 Å². The molecule has 2 aliphatic rings. The number of ether oxygens (including phenoxy) is 1. The van der Waals surface area contributed by atoms with Crippen LogP contribution in [0.1, 0.15) is 18.4 Å². The Balaban J connectivity index is 1.42. The minimum atomic E-state index is -0.435. The molecule has 2 aliphatic heterocycles. The van der Waals surface area contributed by atoms with Gasteiger partial charge < -0.3 is 20.3 Å². The van der Waals surface area contributed by atoms with Crippen LogP contribution in [0.5, 0.6) is 0 Å². The summed E-state index contributed by atoms with van der Waals surface area (Å²) in [6.45, 7) is 2.95.